The van der Waals surface area contributed by atoms with Crippen LogP contribution in [0.25, 0.3) is 0 Å². The molecule has 2 atom stereocenters. The van der Waals surface area contributed by atoms with Crippen LogP contribution >= 0.6 is 0 Å². The first-order valence-corrected chi connectivity index (χ1v) is 7.64. The summed E-state index contributed by atoms with van der Waals surface area (Å²) < 4.78 is 0. The van der Waals surface area contributed by atoms with E-state index in [1.807, 2.05) is 0 Å². The molecular weight excluding hydrogens is 222 g/mol. The van der Waals surface area contributed by atoms with Crippen LogP contribution in [0.3, 0.4) is 0 Å². The molecule has 1 aliphatic heterocycles. The van der Waals surface area contributed by atoms with Crippen molar-refractivity contribution in [3.8, 4) is 0 Å². The molecule has 0 amide bonds. The zero-order valence-electron chi connectivity index (χ0n) is 13.1. The Morgan fingerprint density at radius 2 is 1.89 bits per heavy atom. The highest BCUT2D eigenvalue weighted by molar-refractivity contribution is 4.77. The molecule has 0 saturated carbocycles. The summed E-state index contributed by atoms with van der Waals surface area (Å²) in [7, 11) is 4.53. The van der Waals surface area contributed by atoms with Gasteiger partial charge in [-0.05, 0) is 71.9 Å². The van der Waals surface area contributed by atoms with Crippen LogP contribution in [-0.4, -0.2) is 62.7 Å². The second kappa shape index (κ2) is 8.13. The minimum atomic E-state index is 0.670. The van der Waals surface area contributed by atoms with Gasteiger partial charge in [-0.1, -0.05) is 13.8 Å². The van der Waals surface area contributed by atoms with Crippen LogP contribution in [0.4, 0.5) is 0 Å². The largest absolute Gasteiger partial charge is 0.317 e. The second-order valence-corrected chi connectivity index (χ2v) is 6.21. The third-order valence-electron chi connectivity index (χ3n) is 4.62. The molecular formula is C15H33N3. The highest BCUT2D eigenvalue weighted by atomic mass is 15.1. The van der Waals surface area contributed by atoms with Gasteiger partial charge in [0.05, 0.1) is 0 Å². The van der Waals surface area contributed by atoms with E-state index >= 15 is 0 Å². The van der Waals surface area contributed by atoms with Gasteiger partial charge in [-0.25, -0.2) is 0 Å². The Bertz CT molecular complexity index is 212. The molecule has 2 unspecified atom stereocenters. The summed E-state index contributed by atoms with van der Waals surface area (Å²) >= 11 is 0. The Labute approximate surface area is 114 Å². The standard InChI is InChI=1S/C15H33N3/c1-6-16-11-13(2)14(3)18(5)12-15-7-9-17(4)10-8-15/h13-16H,6-12H2,1-5H3. The van der Waals surface area contributed by atoms with E-state index in [1.165, 1.54) is 32.5 Å². The van der Waals surface area contributed by atoms with Crippen molar-refractivity contribution in [1.29, 1.82) is 0 Å². The van der Waals surface area contributed by atoms with E-state index < -0.39 is 0 Å². The number of nitrogens with zero attached hydrogens (tertiary/aromatic N) is 2. The molecule has 0 aromatic rings. The first kappa shape index (κ1) is 15.9. The van der Waals surface area contributed by atoms with Crippen molar-refractivity contribution in [2.75, 3.05) is 46.8 Å². The zero-order valence-corrected chi connectivity index (χ0v) is 13.1. The lowest BCUT2D eigenvalue weighted by Crippen LogP contribution is -2.43. The molecule has 0 aromatic heterocycles. The summed E-state index contributed by atoms with van der Waals surface area (Å²) in [6, 6.07) is 0.670. The van der Waals surface area contributed by atoms with Crippen LogP contribution in [0.2, 0.25) is 0 Å². The van der Waals surface area contributed by atoms with Gasteiger partial charge >= 0.3 is 0 Å². The van der Waals surface area contributed by atoms with Gasteiger partial charge in [0.15, 0.2) is 0 Å². The summed E-state index contributed by atoms with van der Waals surface area (Å²) in [6.07, 6.45) is 2.74. The lowest BCUT2D eigenvalue weighted by molar-refractivity contribution is 0.132. The number of piperidine rings is 1. The topological polar surface area (TPSA) is 18.5 Å². The molecule has 108 valence electrons. The molecule has 3 heteroatoms. The second-order valence-electron chi connectivity index (χ2n) is 6.21. The van der Waals surface area contributed by atoms with Gasteiger partial charge in [-0.2, -0.15) is 0 Å². The third-order valence-corrected chi connectivity index (χ3v) is 4.62. The minimum Gasteiger partial charge on any atom is -0.317 e. The van der Waals surface area contributed by atoms with Crippen molar-refractivity contribution in [2.45, 2.75) is 39.7 Å². The summed E-state index contributed by atoms with van der Waals surface area (Å²) in [6.45, 7) is 12.9. The van der Waals surface area contributed by atoms with Crippen molar-refractivity contribution >= 4 is 0 Å². The monoisotopic (exact) mass is 255 g/mol. The third kappa shape index (κ3) is 5.25. The highest BCUT2D eigenvalue weighted by Gasteiger charge is 2.22. The Morgan fingerprint density at radius 3 is 2.44 bits per heavy atom. The molecule has 1 rings (SSSR count). The van der Waals surface area contributed by atoms with E-state index in [9.17, 15) is 0 Å². The molecule has 0 bridgehead atoms. The molecule has 18 heavy (non-hydrogen) atoms. The van der Waals surface area contributed by atoms with Gasteiger partial charge in [0.25, 0.3) is 0 Å². The first-order valence-electron chi connectivity index (χ1n) is 7.64. The minimum absolute atomic E-state index is 0.670. The molecule has 3 nitrogen and oxygen atoms in total. The van der Waals surface area contributed by atoms with Crippen molar-refractivity contribution in [2.24, 2.45) is 11.8 Å². The van der Waals surface area contributed by atoms with E-state index in [1.54, 1.807) is 0 Å². The van der Waals surface area contributed by atoms with Crippen LogP contribution in [0, 0.1) is 11.8 Å². The van der Waals surface area contributed by atoms with Gasteiger partial charge < -0.3 is 15.1 Å². The van der Waals surface area contributed by atoms with Crippen molar-refractivity contribution in [1.82, 2.24) is 15.1 Å². The normalized spacial score (nSPS) is 22.3. The summed E-state index contributed by atoms with van der Waals surface area (Å²) in [4.78, 5) is 5.02. The molecule has 1 aliphatic rings. The molecule has 0 spiro atoms. The number of hydrogen-bond acceptors (Lipinski definition) is 3. The maximum Gasteiger partial charge on any atom is 0.0102 e. The van der Waals surface area contributed by atoms with E-state index in [2.05, 4.69) is 50.0 Å². The van der Waals surface area contributed by atoms with Gasteiger partial charge in [0.2, 0.25) is 0 Å². The fraction of sp³-hybridized carbons (Fsp3) is 1.00. The van der Waals surface area contributed by atoms with Crippen molar-refractivity contribution < 1.29 is 0 Å². The van der Waals surface area contributed by atoms with Crippen LogP contribution in [-0.2, 0) is 0 Å². The molecule has 0 radical (unpaired) electrons. The van der Waals surface area contributed by atoms with Crippen LogP contribution < -0.4 is 5.32 Å². The van der Waals surface area contributed by atoms with Crippen LogP contribution in [0.1, 0.15) is 33.6 Å². The Hall–Kier alpha value is -0.120. The number of nitrogens with one attached hydrogen (secondary N) is 1. The van der Waals surface area contributed by atoms with Gasteiger partial charge in [-0.3, -0.25) is 0 Å². The van der Waals surface area contributed by atoms with Crippen molar-refractivity contribution in [3.05, 3.63) is 0 Å². The van der Waals surface area contributed by atoms with E-state index in [-0.39, 0.29) is 0 Å². The average Bonchev–Trinajstić information content (AvgIpc) is 2.37. The molecule has 0 aliphatic carbocycles. The lowest BCUT2D eigenvalue weighted by atomic mass is 9.94. The summed E-state index contributed by atoms with van der Waals surface area (Å²) in [5, 5.41) is 3.46. The fourth-order valence-electron chi connectivity index (χ4n) is 2.80. The smallest absolute Gasteiger partial charge is 0.0102 e. The Kier molecular flexibility index (Phi) is 7.20. The molecule has 1 heterocycles. The number of likely N-dealkylation sites (tertiary alicyclic amines) is 1. The average molecular weight is 255 g/mol. The highest BCUT2D eigenvalue weighted by Crippen LogP contribution is 2.19. The molecule has 1 saturated heterocycles. The predicted octanol–water partition coefficient (Wildman–Crippen LogP) is 1.89. The van der Waals surface area contributed by atoms with Crippen molar-refractivity contribution in [3.63, 3.8) is 0 Å². The summed E-state index contributed by atoms with van der Waals surface area (Å²) in [5.41, 5.74) is 0. The first-order chi connectivity index (χ1) is 8.54. The van der Waals surface area contributed by atoms with E-state index in [4.69, 9.17) is 0 Å². The molecule has 0 aromatic carbocycles. The van der Waals surface area contributed by atoms with E-state index in [0.29, 0.717) is 6.04 Å². The Morgan fingerprint density at radius 1 is 1.28 bits per heavy atom. The maximum atomic E-state index is 3.46. The zero-order chi connectivity index (χ0) is 13.5. The number of hydrogen-bond donors (Lipinski definition) is 1. The SMILES string of the molecule is CCNCC(C)C(C)N(C)CC1CCN(C)CC1. The van der Waals surface area contributed by atoms with Gasteiger partial charge in [-0.15, -0.1) is 0 Å². The quantitative estimate of drug-likeness (QED) is 0.749. The lowest BCUT2D eigenvalue weighted by Gasteiger charge is -2.36. The van der Waals surface area contributed by atoms with Crippen LogP contribution in [0.5, 0.6) is 0 Å². The van der Waals surface area contributed by atoms with Crippen LogP contribution in [0.15, 0.2) is 0 Å². The van der Waals surface area contributed by atoms with Gasteiger partial charge in [0, 0.05) is 12.6 Å². The molecule has 1 N–H and O–H groups in total. The number of rotatable bonds is 7. The van der Waals surface area contributed by atoms with E-state index in [0.717, 1.165) is 24.9 Å². The summed E-state index contributed by atoms with van der Waals surface area (Å²) in [5.74, 6) is 1.63. The molecule has 1 fully saturated rings. The maximum absolute atomic E-state index is 3.46. The Balaban J connectivity index is 2.28. The fourth-order valence-corrected chi connectivity index (χ4v) is 2.80. The predicted molar refractivity (Wildman–Crippen MR) is 80.0 cm³/mol. The van der Waals surface area contributed by atoms with Gasteiger partial charge in [0.1, 0.15) is 0 Å².